The van der Waals surface area contributed by atoms with Gasteiger partial charge in [-0.05, 0) is 37.1 Å². The third-order valence-electron chi connectivity index (χ3n) is 3.48. The zero-order chi connectivity index (χ0) is 14.6. The Balaban J connectivity index is 2.04. The number of carbonyl (C=O) groups is 1. The molecule has 1 aliphatic rings. The lowest BCUT2D eigenvalue weighted by Crippen LogP contribution is -2.28. The Morgan fingerprint density at radius 3 is 2.35 bits per heavy atom. The van der Waals surface area contributed by atoms with E-state index < -0.39 is 11.0 Å². The summed E-state index contributed by atoms with van der Waals surface area (Å²) in [5, 5.41) is -3.46. The van der Waals surface area contributed by atoms with Crippen LogP contribution in [0, 0.1) is 0 Å². The van der Waals surface area contributed by atoms with Gasteiger partial charge in [-0.3, -0.25) is 4.79 Å². The first-order valence-electron chi connectivity index (χ1n) is 6.77. The van der Waals surface area contributed by atoms with Crippen LogP contribution >= 0.6 is 11.8 Å². The fourth-order valence-corrected chi connectivity index (χ4v) is 3.57. The van der Waals surface area contributed by atoms with Crippen molar-refractivity contribution in [2.24, 2.45) is 0 Å². The lowest BCUT2D eigenvalue weighted by atomic mass is 10.0. The van der Waals surface area contributed by atoms with Gasteiger partial charge in [0.1, 0.15) is 5.75 Å². The molecule has 1 aliphatic carbocycles. The van der Waals surface area contributed by atoms with Crippen LogP contribution in [0.5, 0.6) is 5.75 Å². The number of Topliss-reactive ketones (excluding diaryl/α,β-unsaturated/α-hetero) is 1. The predicted octanol–water partition coefficient (Wildman–Crippen LogP) is 4.54. The number of hydrogen-bond donors (Lipinski definition) is 0. The van der Waals surface area contributed by atoms with Crippen LogP contribution in [0.2, 0.25) is 0 Å². The van der Waals surface area contributed by atoms with Crippen molar-refractivity contribution >= 4 is 17.5 Å². The molecule has 2 nitrogen and oxygen atoms in total. The van der Waals surface area contributed by atoms with Gasteiger partial charge in [0.2, 0.25) is 5.78 Å². The lowest BCUT2D eigenvalue weighted by molar-refractivity contribution is 0.0563. The number of thioether (sulfide) groups is 1. The maximum atomic E-state index is 14.1. The standard InChI is InChI=1S/C15H18F2O2S/c1-19-12-9-7-11(8-10-12)14(18)15(16,17)20-13-5-3-2-4-6-13/h7-10,13H,2-6H2,1H3. The van der Waals surface area contributed by atoms with Crippen LogP contribution < -0.4 is 4.74 Å². The van der Waals surface area contributed by atoms with Crippen molar-refractivity contribution in [1.82, 2.24) is 0 Å². The number of ether oxygens (including phenoxy) is 1. The Bertz CT molecular complexity index is 453. The molecular weight excluding hydrogens is 282 g/mol. The highest BCUT2D eigenvalue weighted by Crippen LogP contribution is 2.41. The van der Waals surface area contributed by atoms with Gasteiger partial charge in [-0.1, -0.05) is 31.0 Å². The van der Waals surface area contributed by atoms with Gasteiger partial charge in [0, 0.05) is 10.8 Å². The summed E-state index contributed by atoms with van der Waals surface area (Å²) in [6.07, 6.45) is 4.61. The molecule has 0 unspecified atom stereocenters. The van der Waals surface area contributed by atoms with Crippen LogP contribution in [0.1, 0.15) is 42.5 Å². The number of hydrogen-bond acceptors (Lipinski definition) is 3. The summed E-state index contributed by atoms with van der Waals surface area (Å²) < 4.78 is 33.1. The smallest absolute Gasteiger partial charge is 0.356 e. The Morgan fingerprint density at radius 2 is 1.80 bits per heavy atom. The second-order valence-corrected chi connectivity index (χ2v) is 6.37. The maximum Gasteiger partial charge on any atom is 0.356 e. The van der Waals surface area contributed by atoms with Crippen molar-refractivity contribution in [2.45, 2.75) is 42.6 Å². The highest BCUT2D eigenvalue weighted by atomic mass is 32.2. The number of halogens is 2. The Morgan fingerprint density at radius 1 is 1.20 bits per heavy atom. The number of benzene rings is 1. The van der Waals surface area contributed by atoms with Gasteiger partial charge < -0.3 is 4.74 Å². The second kappa shape index (κ2) is 6.57. The SMILES string of the molecule is COc1ccc(C(=O)C(F)(F)SC2CCCCC2)cc1. The van der Waals surface area contributed by atoms with E-state index >= 15 is 0 Å². The van der Waals surface area contributed by atoms with Crippen LogP contribution in [0.15, 0.2) is 24.3 Å². The van der Waals surface area contributed by atoms with E-state index in [2.05, 4.69) is 0 Å². The molecule has 0 aliphatic heterocycles. The van der Waals surface area contributed by atoms with Crippen molar-refractivity contribution in [3.05, 3.63) is 29.8 Å². The topological polar surface area (TPSA) is 26.3 Å². The minimum absolute atomic E-state index is 0.0270. The summed E-state index contributed by atoms with van der Waals surface area (Å²) in [7, 11) is 1.49. The summed E-state index contributed by atoms with van der Waals surface area (Å²) >= 11 is 0.522. The van der Waals surface area contributed by atoms with Crippen LogP contribution in [0.3, 0.4) is 0 Å². The molecule has 0 amide bonds. The molecule has 0 spiro atoms. The summed E-state index contributed by atoms with van der Waals surface area (Å²) in [4.78, 5) is 11.9. The van der Waals surface area contributed by atoms with Gasteiger partial charge >= 0.3 is 5.25 Å². The molecule has 1 fully saturated rings. The van der Waals surface area contributed by atoms with Gasteiger partial charge in [-0.2, -0.15) is 8.78 Å². The third kappa shape index (κ3) is 3.72. The van der Waals surface area contributed by atoms with Crippen molar-refractivity contribution in [3.63, 3.8) is 0 Å². The average Bonchev–Trinajstić information content (AvgIpc) is 2.47. The minimum Gasteiger partial charge on any atom is -0.497 e. The van der Waals surface area contributed by atoms with Gasteiger partial charge in [0.15, 0.2) is 0 Å². The van der Waals surface area contributed by atoms with E-state index in [9.17, 15) is 13.6 Å². The molecule has 2 rings (SSSR count). The third-order valence-corrected chi connectivity index (χ3v) is 4.77. The molecular formula is C15H18F2O2S. The van der Waals surface area contributed by atoms with E-state index in [4.69, 9.17) is 4.74 Å². The monoisotopic (exact) mass is 300 g/mol. The van der Waals surface area contributed by atoms with Gasteiger partial charge in [0.25, 0.3) is 0 Å². The van der Waals surface area contributed by atoms with Crippen molar-refractivity contribution in [3.8, 4) is 5.75 Å². The van der Waals surface area contributed by atoms with E-state index in [0.29, 0.717) is 17.5 Å². The van der Waals surface area contributed by atoms with E-state index in [1.807, 2.05) is 0 Å². The molecule has 0 bridgehead atoms. The van der Waals surface area contributed by atoms with Crippen molar-refractivity contribution in [1.29, 1.82) is 0 Å². The average molecular weight is 300 g/mol. The Kier molecular flexibility index (Phi) is 5.02. The first-order valence-corrected chi connectivity index (χ1v) is 7.65. The molecule has 0 heterocycles. The quantitative estimate of drug-likeness (QED) is 0.747. The zero-order valence-electron chi connectivity index (χ0n) is 11.4. The Labute approximate surface area is 121 Å². The molecule has 110 valence electrons. The van der Waals surface area contributed by atoms with Crippen molar-refractivity contribution in [2.75, 3.05) is 7.11 Å². The highest BCUT2D eigenvalue weighted by Gasteiger charge is 2.42. The summed E-state index contributed by atoms with van der Waals surface area (Å²) in [6.45, 7) is 0. The second-order valence-electron chi connectivity index (χ2n) is 4.95. The van der Waals surface area contributed by atoms with Crippen LogP contribution in [0.4, 0.5) is 8.78 Å². The molecule has 0 aromatic heterocycles. The fraction of sp³-hybridized carbons (Fsp3) is 0.533. The first kappa shape index (κ1) is 15.3. The van der Waals surface area contributed by atoms with Crippen LogP contribution in [0.25, 0.3) is 0 Å². The minimum atomic E-state index is -3.35. The summed E-state index contributed by atoms with van der Waals surface area (Å²) in [5.74, 6) is -0.569. The molecule has 1 saturated carbocycles. The van der Waals surface area contributed by atoms with E-state index in [1.54, 1.807) is 0 Å². The maximum absolute atomic E-state index is 14.1. The zero-order valence-corrected chi connectivity index (χ0v) is 12.2. The molecule has 1 aromatic carbocycles. The highest BCUT2D eigenvalue weighted by molar-refractivity contribution is 8.01. The van der Waals surface area contributed by atoms with E-state index in [-0.39, 0.29) is 10.8 Å². The van der Waals surface area contributed by atoms with Crippen molar-refractivity contribution < 1.29 is 18.3 Å². The van der Waals surface area contributed by atoms with Crippen LogP contribution in [-0.4, -0.2) is 23.4 Å². The van der Waals surface area contributed by atoms with Gasteiger partial charge in [-0.15, -0.1) is 0 Å². The molecule has 0 N–H and O–H groups in total. The largest absolute Gasteiger partial charge is 0.497 e. The van der Waals surface area contributed by atoms with E-state index in [1.165, 1.54) is 31.4 Å². The first-order chi connectivity index (χ1) is 9.53. The number of ketones is 1. The number of carbonyl (C=O) groups excluding carboxylic acids is 1. The van der Waals surface area contributed by atoms with Gasteiger partial charge in [0.05, 0.1) is 7.11 Å². The molecule has 1 aromatic rings. The van der Waals surface area contributed by atoms with E-state index in [0.717, 1.165) is 32.1 Å². The molecule has 5 heteroatoms. The fourth-order valence-electron chi connectivity index (χ4n) is 2.36. The molecule has 0 saturated heterocycles. The summed E-state index contributed by atoms with van der Waals surface area (Å²) in [5.41, 5.74) is 0.0270. The number of methoxy groups -OCH3 is 1. The Hall–Kier alpha value is -1.10. The van der Waals surface area contributed by atoms with Crippen LogP contribution in [-0.2, 0) is 0 Å². The normalized spacial score (nSPS) is 16.9. The molecule has 0 atom stereocenters. The molecule has 20 heavy (non-hydrogen) atoms. The summed E-state index contributed by atoms with van der Waals surface area (Å²) in [6, 6.07) is 5.82. The number of alkyl halides is 2. The predicted molar refractivity (Wildman–Crippen MR) is 76.7 cm³/mol. The molecule has 0 radical (unpaired) electrons. The lowest BCUT2D eigenvalue weighted by Gasteiger charge is -2.25. The van der Waals surface area contributed by atoms with Gasteiger partial charge in [-0.25, -0.2) is 0 Å². The number of rotatable bonds is 5.